The van der Waals surface area contributed by atoms with Crippen LogP contribution in [0.15, 0.2) is 18.2 Å². The summed E-state index contributed by atoms with van der Waals surface area (Å²) < 4.78 is 10.7. The molecule has 2 aliphatic rings. The largest absolute Gasteiger partial charge is 0.493 e. The summed E-state index contributed by atoms with van der Waals surface area (Å²) in [6.45, 7) is 3.48. The smallest absolute Gasteiger partial charge is 0.160 e. The van der Waals surface area contributed by atoms with Crippen molar-refractivity contribution in [2.75, 3.05) is 33.9 Å². The Morgan fingerprint density at radius 3 is 2.71 bits per heavy atom. The second-order valence-corrected chi connectivity index (χ2v) is 6.05. The molecule has 2 saturated heterocycles. The summed E-state index contributed by atoms with van der Waals surface area (Å²) in [4.78, 5) is 2.72. The Labute approximate surface area is 127 Å². The highest BCUT2D eigenvalue weighted by atomic mass is 16.5. The first kappa shape index (κ1) is 14.7. The fraction of sp³-hybridized carbons (Fsp3) is 0.647. The highest BCUT2D eigenvalue weighted by Gasteiger charge is 2.34. The number of nitrogens with one attached hydrogen (secondary N) is 1. The SMILES string of the molecule is COc1ccc(CCN2C3CCNCC2CC3)cc1OC. The van der Waals surface area contributed by atoms with Crippen LogP contribution in [0.5, 0.6) is 11.5 Å². The molecule has 0 spiro atoms. The molecule has 3 rings (SSSR count). The second kappa shape index (κ2) is 6.67. The van der Waals surface area contributed by atoms with Gasteiger partial charge in [-0.1, -0.05) is 6.07 Å². The minimum Gasteiger partial charge on any atom is -0.493 e. The molecule has 1 N–H and O–H groups in total. The van der Waals surface area contributed by atoms with E-state index in [1.165, 1.54) is 31.4 Å². The van der Waals surface area contributed by atoms with Crippen LogP contribution in [-0.4, -0.2) is 50.8 Å². The summed E-state index contributed by atoms with van der Waals surface area (Å²) in [6, 6.07) is 7.78. The van der Waals surface area contributed by atoms with Crippen LogP contribution in [0.1, 0.15) is 24.8 Å². The molecule has 0 amide bonds. The van der Waals surface area contributed by atoms with Gasteiger partial charge in [0.05, 0.1) is 14.2 Å². The zero-order valence-corrected chi connectivity index (χ0v) is 13.1. The van der Waals surface area contributed by atoms with Crippen molar-refractivity contribution in [3.8, 4) is 11.5 Å². The maximum absolute atomic E-state index is 5.39. The van der Waals surface area contributed by atoms with Crippen LogP contribution < -0.4 is 14.8 Å². The number of ether oxygens (including phenoxy) is 2. The van der Waals surface area contributed by atoms with Crippen LogP contribution in [0.25, 0.3) is 0 Å². The van der Waals surface area contributed by atoms with Crippen LogP contribution in [-0.2, 0) is 6.42 Å². The predicted octanol–water partition coefficient (Wildman–Crippen LogP) is 2.07. The summed E-state index contributed by atoms with van der Waals surface area (Å²) in [5, 5.41) is 3.56. The van der Waals surface area contributed by atoms with Gasteiger partial charge < -0.3 is 14.8 Å². The van der Waals surface area contributed by atoms with Crippen molar-refractivity contribution in [2.24, 2.45) is 0 Å². The van der Waals surface area contributed by atoms with Crippen LogP contribution in [0.4, 0.5) is 0 Å². The normalized spacial score (nSPS) is 25.6. The van der Waals surface area contributed by atoms with Crippen molar-refractivity contribution in [3.05, 3.63) is 23.8 Å². The summed E-state index contributed by atoms with van der Waals surface area (Å²) in [6.07, 6.45) is 5.09. The first-order valence-electron chi connectivity index (χ1n) is 7.99. The van der Waals surface area contributed by atoms with Gasteiger partial charge in [-0.05, 0) is 49.9 Å². The molecule has 0 aromatic heterocycles. The molecule has 116 valence electrons. The third-order valence-electron chi connectivity index (χ3n) is 4.91. The molecule has 0 saturated carbocycles. The van der Waals surface area contributed by atoms with Gasteiger partial charge in [0.2, 0.25) is 0 Å². The Balaban J connectivity index is 1.64. The molecule has 1 aromatic carbocycles. The molecule has 21 heavy (non-hydrogen) atoms. The van der Waals surface area contributed by atoms with Crippen LogP contribution >= 0.6 is 0 Å². The van der Waals surface area contributed by atoms with Gasteiger partial charge in [-0.25, -0.2) is 0 Å². The molecule has 2 aliphatic heterocycles. The molecule has 2 unspecified atom stereocenters. The van der Waals surface area contributed by atoms with E-state index in [9.17, 15) is 0 Å². The fourth-order valence-electron chi connectivity index (χ4n) is 3.74. The molecule has 2 atom stereocenters. The van der Waals surface area contributed by atoms with Gasteiger partial charge in [-0.2, -0.15) is 0 Å². The zero-order chi connectivity index (χ0) is 14.7. The molecule has 2 bridgehead atoms. The lowest BCUT2D eigenvalue weighted by Gasteiger charge is -2.27. The molecule has 4 heteroatoms. The average Bonchev–Trinajstić information content (AvgIpc) is 2.77. The highest BCUT2D eigenvalue weighted by molar-refractivity contribution is 5.42. The number of nitrogens with zero attached hydrogens (tertiary/aromatic N) is 1. The van der Waals surface area contributed by atoms with Crippen molar-refractivity contribution >= 4 is 0 Å². The third-order valence-corrected chi connectivity index (χ3v) is 4.91. The van der Waals surface area contributed by atoms with Crippen molar-refractivity contribution in [2.45, 2.75) is 37.8 Å². The van der Waals surface area contributed by atoms with Crippen molar-refractivity contribution in [3.63, 3.8) is 0 Å². The standard InChI is InChI=1S/C17H26N2O2/c1-20-16-6-3-13(11-17(16)21-2)8-10-19-14-4-5-15(19)12-18-9-7-14/h3,6,11,14-15,18H,4-5,7-10,12H2,1-2H3. The number of hydrogen-bond donors (Lipinski definition) is 1. The number of fused-ring (bicyclic) bond motifs is 2. The van der Waals surface area contributed by atoms with E-state index in [0.29, 0.717) is 0 Å². The minimum absolute atomic E-state index is 0.734. The molecule has 0 aliphatic carbocycles. The lowest BCUT2D eigenvalue weighted by Crippen LogP contribution is -2.39. The Morgan fingerprint density at radius 1 is 1.10 bits per heavy atom. The van der Waals surface area contributed by atoms with Crippen molar-refractivity contribution < 1.29 is 9.47 Å². The summed E-state index contributed by atoms with van der Waals surface area (Å²) in [5.41, 5.74) is 1.32. The van der Waals surface area contributed by atoms with Gasteiger partial charge in [0, 0.05) is 25.2 Å². The van der Waals surface area contributed by atoms with Crippen molar-refractivity contribution in [1.82, 2.24) is 10.2 Å². The average molecular weight is 290 g/mol. The van der Waals surface area contributed by atoms with Gasteiger partial charge in [0.15, 0.2) is 11.5 Å². The first-order chi connectivity index (χ1) is 10.3. The van der Waals surface area contributed by atoms with Crippen molar-refractivity contribution in [1.29, 1.82) is 0 Å². The zero-order valence-electron chi connectivity index (χ0n) is 13.1. The topological polar surface area (TPSA) is 33.7 Å². The molecule has 2 fully saturated rings. The quantitative estimate of drug-likeness (QED) is 0.900. The minimum atomic E-state index is 0.734. The van der Waals surface area contributed by atoms with Crippen LogP contribution in [0, 0.1) is 0 Å². The van der Waals surface area contributed by atoms with E-state index in [0.717, 1.165) is 43.1 Å². The monoisotopic (exact) mass is 290 g/mol. The molecule has 4 nitrogen and oxygen atoms in total. The van der Waals surface area contributed by atoms with Gasteiger partial charge in [-0.3, -0.25) is 4.90 Å². The lowest BCUT2D eigenvalue weighted by atomic mass is 10.1. The molecule has 0 radical (unpaired) electrons. The molecular formula is C17H26N2O2. The lowest BCUT2D eigenvalue weighted by molar-refractivity contribution is 0.205. The summed E-state index contributed by atoms with van der Waals surface area (Å²) in [7, 11) is 3.38. The number of rotatable bonds is 5. The molecular weight excluding hydrogens is 264 g/mol. The van der Waals surface area contributed by atoms with E-state index in [1.54, 1.807) is 14.2 Å². The highest BCUT2D eigenvalue weighted by Crippen LogP contribution is 2.30. The number of hydrogen-bond acceptors (Lipinski definition) is 4. The van der Waals surface area contributed by atoms with E-state index >= 15 is 0 Å². The molecule has 2 heterocycles. The maximum Gasteiger partial charge on any atom is 0.160 e. The van der Waals surface area contributed by atoms with Gasteiger partial charge in [0.25, 0.3) is 0 Å². The second-order valence-electron chi connectivity index (χ2n) is 6.05. The third kappa shape index (κ3) is 3.16. The fourth-order valence-corrected chi connectivity index (χ4v) is 3.74. The Morgan fingerprint density at radius 2 is 1.90 bits per heavy atom. The molecule has 1 aromatic rings. The predicted molar refractivity (Wildman–Crippen MR) is 84.3 cm³/mol. The first-order valence-corrected chi connectivity index (χ1v) is 7.99. The van der Waals surface area contributed by atoms with E-state index in [4.69, 9.17) is 9.47 Å². The number of methoxy groups -OCH3 is 2. The Bertz CT molecular complexity index is 464. The van der Waals surface area contributed by atoms with Gasteiger partial charge in [0.1, 0.15) is 0 Å². The maximum atomic E-state index is 5.39. The van der Waals surface area contributed by atoms with Crippen LogP contribution in [0.2, 0.25) is 0 Å². The summed E-state index contributed by atoms with van der Waals surface area (Å²) in [5.74, 6) is 1.63. The van der Waals surface area contributed by atoms with E-state index in [-0.39, 0.29) is 0 Å². The Hall–Kier alpha value is -1.26. The van der Waals surface area contributed by atoms with E-state index < -0.39 is 0 Å². The number of benzene rings is 1. The van der Waals surface area contributed by atoms with E-state index in [2.05, 4.69) is 22.3 Å². The summed E-state index contributed by atoms with van der Waals surface area (Å²) >= 11 is 0. The van der Waals surface area contributed by atoms with Gasteiger partial charge >= 0.3 is 0 Å². The van der Waals surface area contributed by atoms with E-state index in [1.807, 2.05) is 6.07 Å². The van der Waals surface area contributed by atoms with Gasteiger partial charge in [-0.15, -0.1) is 0 Å². The Kier molecular flexibility index (Phi) is 4.66. The van der Waals surface area contributed by atoms with Crippen LogP contribution in [0.3, 0.4) is 0 Å².